The molecule has 0 unspecified atom stereocenters. The average molecular weight is 489 g/mol. The molecule has 3 rings (SSSR count). The highest BCUT2D eigenvalue weighted by molar-refractivity contribution is 6.07. The van der Waals surface area contributed by atoms with Gasteiger partial charge < -0.3 is 20.8 Å². The summed E-state index contributed by atoms with van der Waals surface area (Å²) < 4.78 is 0. The molecule has 0 aliphatic rings. The average Bonchev–Trinajstić information content (AvgIpc) is 2.75. The van der Waals surface area contributed by atoms with E-state index >= 15 is 0 Å². The third-order valence-electron chi connectivity index (χ3n) is 5.48. The number of hydrogen-bond donors (Lipinski definition) is 4. The normalized spacial score (nSPS) is 11.7. The van der Waals surface area contributed by atoms with Crippen LogP contribution in [0.25, 0.3) is 0 Å². The highest BCUT2D eigenvalue weighted by Crippen LogP contribution is 2.27. The number of phenolic OH excluding ortho intramolecular Hbond substituents is 2. The van der Waals surface area contributed by atoms with Gasteiger partial charge in [0.05, 0.1) is 11.1 Å². The van der Waals surface area contributed by atoms with Gasteiger partial charge in [-0.25, -0.2) is 0 Å². The maximum absolute atomic E-state index is 12.8. The summed E-state index contributed by atoms with van der Waals surface area (Å²) in [7, 11) is 0. The lowest BCUT2D eigenvalue weighted by Crippen LogP contribution is -2.15. The first kappa shape index (κ1) is 26.8. The van der Waals surface area contributed by atoms with Gasteiger partial charge in [-0.2, -0.15) is 0 Å². The lowest BCUT2D eigenvalue weighted by molar-refractivity contribution is 0.101. The molecule has 0 aliphatic carbocycles. The number of carbonyl (C=O) groups is 2. The van der Waals surface area contributed by atoms with Crippen LogP contribution >= 0.6 is 0 Å². The topological polar surface area (TPSA) is 98.7 Å². The van der Waals surface area contributed by atoms with Crippen LogP contribution in [0.4, 0.5) is 11.4 Å². The zero-order valence-electron chi connectivity index (χ0n) is 21.9. The summed E-state index contributed by atoms with van der Waals surface area (Å²) in [6, 6.07) is 16.8. The van der Waals surface area contributed by atoms with Gasteiger partial charge in [0.2, 0.25) is 0 Å². The lowest BCUT2D eigenvalue weighted by atomic mass is 9.87. The molecule has 190 valence electrons. The van der Waals surface area contributed by atoms with Gasteiger partial charge in [0, 0.05) is 11.4 Å². The predicted octanol–water partition coefficient (Wildman–Crippen LogP) is 6.78. The van der Waals surface area contributed by atoms with E-state index in [1.54, 1.807) is 48.5 Å². The number of anilines is 2. The third kappa shape index (κ3) is 7.60. The summed E-state index contributed by atoms with van der Waals surface area (Å²) in [6.07, 6.45) is 1.55. The number of amides is 2. The molecule has 36 heavy (non-hydrogen) atoms. The summed E-state index contributed by atoms with van der Waals surface area (Å²) in [4.78, 5) is 25.6. The SMILES string of the molecule is CC(C)(C)Cc1ccc(O)c(C(=O)Nc2ccc(NC(=O)c3cc(CC(C)(C)C)ccc3O)cc2)c1. The van der Waals surface area contributed by atoms with Crippen molar-refractivity contribution in [1.82, 2.24) is 0 Å². The summed E-state index contributed by atoms with van der Waals surface area (Å²) in [6.45, 7) is 12.7. The fourth-order valence-corrected chi connectivity index (χ4v) is 4.01. The Morgan fingerprint density at radius 2 is 0.944 bits per heavy atom. The van der Waals surface area contributed by atoms with E-state index in [1.165, 1.54) is 0 Å². The fourth-order valence-electron chi connectivity index (χ4n) is 4.01. The number of rotatable bonds is 6. The number of nitrogens with one attached hydrogen (secondary N) is 2. The van der Waals surface area contributed by atoms with Gasteiger partial charge >= 0.3 is 0 Å². The van der Waals surface area contributed by atoms with Crippen LogP contribution in [0.3, 0.4) is 0 Å². The number of phenols is 2. The van der Waals surface area contributed by atoms with Gasteiger partial charge in [-0.1, -0.05) is 53.7 Å². The van der Waals surface area contributed by atoms with Crippen molar-refractivity contribution in [3.63, 3.8) is 0 Å². The maximum atomic E-state index is 12.8. The molecule has 0 fully saturated rings. The van der Waals surface area contributed by atoms with E-state index in [0.717, 1.165) is 24.0 Å². The van der Waals surface area contributed by atoms with E-state index in [0.29, 0.717) is 11.4 Å². The molecule has 0 saturated heterocycles. The van der Waals surface area contributed by atoms with E-state index in [9.17, 15) is 19.8 Å². The molecule has 4 N–H and O–H groups in total. The molecule has 6 heteroatoms. The van der Waals surface area contributed by atoms with Crippen LogP contribution in [0, 0.1) is 10.8 Å². The highest BCUT2D eigenvalue weighted by atomic mass is 16.3. The van der Waals surface area contributed by atoms with Crippen molar-refractivity contribution < 1.29 is 19.8 Å². The quantitative estimate of drug-likeness (QED) is 0.307. The van der Waals surface area contributed by atoms with Gasteiger partial charge in [0.15, 0.2) is 0 Å². The molecule has 0 atom stereocenters. The Bertz CT molecular complexity index is 1150. The third-order valence-corrected chi connectivity index (χ3v) is 5.48. The zero-order valence-corrected chi connectivity index (χ0v) is 21.9. The van der Waals surface area contributed by atoms with Crippen molar-refractivity contribution in [3.8, 4) is 11.5 Å². The van der Waals surface area contributed by atoms with Crippen molar-refractivity contribution in [2.75, 3.05) is 10.6 Å². The minimum atomic E-state index is -0.416. The number of aromatic hydroxyl groups is 2. The van der Waals surface area contributed by atoms with Crippen LogP contribution in [-0.4, -0.2) is 22.0 Å². The second kappa shape index (κ2) is 10.4. The van der Waals surface area contributed by atoms with Gasteiger partial charge in [-0.3, -0.25) is 9.59 Å². The number of hydrogen-bond acceptors (Lipinski definition) is 4. The highest BCUT2D eigenvalue weighted by Gasteiger charge is 2.18. The van der Waals surface area contributed by atoms with Crippen molar-refractivity contribution in [1.29, 1.82) is 0 Å². The van der Waals surface area contributed by atoms with Gasteiger partial charge in [-0.05, 0) is 83.3 Å². The molecular formula is C30H36N2O4. The second-order valence-electron chi connectivity index (χ2n) is 11.7. The predicted molar refractivity (Wildman–Crippen MR) is 145 cm³/mol. The lowest BCUT2D eigenvalue weighted by Gasteiger charge is -2.19. The van der Waals surface area contributed by atoms with Crippen LogP contribution in [0.5, 0.6) is 11.5 Å². The Kier molecular flexibility index (Phi) is 7.77. The monoisotopic (exact) mass is 488 g/mol. The van der Waals surface area contributed by atoms with Gasteiger partial charge in [0.25, 0.3) is 11.8 Å². The van der Waals surface area contributed by atoms with Gasteiger partial charge in [-0.15, -0.1) is 0 Å². The first-order chi connectivity index (χ1) is 16.7. The molecule has 3 aromatic rings. The molecule has 6 nitrogen and oxygen atoms in total. The van der Waals surface area contributed by atoms with Crippen molar-refractivity contribution in [3.05, 3.63) is 82.9 Å². The molecule has 3 aromatic carbocycles. The molecule has 0 heterocycles. The zero-order chi connectivity index (χ0) is 26.7. The van der Waals surface area contributed by atoms with Crippen LogP contribution in [0.15, 0.2) is 60.7 Å². The second-order valence-corrected chi connectivity index (χ2v) is 11.7. The molecule has 2 amide bonds. The summed E-state index contributed by atoms with van der Waals surface area (Å²) >= 11 is 0. The summed E-state index contributed by atoms with van der Waals surface area (Å²) in [5.41, 5.74) is 3.50. The van der Waals surface area contributed by atoms with Crippen LogP contribution in [0.2, 0.25) is 0 Å². The Morgan fingerprint density at radius 1 is 0.611 bits per heavy atom. The minimum Gasteiger partial charge on any atom is -0.507 e. The Balaban J connectivity index is 1.69. The number of benzene rings is 3. The van der Waals surface area contributed by atoms with E-state index < -0.39 is 11.8 Å². The molecular weight excluding hydrogens is 452 g/mol. The first-order valence-electron chi connectivity index (χ1n) is 12.1. The maximum Gasteiger partial charge on any atom is 0.259 e. The molecule has 0 radical (unpaired) electrons. The summed E-state index contributed by atoms with van der Waals surface area (Å²) in [5.74, 6) is -0.994. The van der Waals surface area contributed by atoms with Gasteiger partial charge in [0.1, 0.15) is 11.5 Å². The van der Waals surface area contributed by atoms with Crippen LogP contribution in [-0.2, 0) is 12.8 Å². The largest absolute Gasteiger partial charge is 0.507 e. The molecule has 0 aliphatic heterocycles. The Hall–Kier alpha value is -3.80. The fraction of sp³-hybridized carbons (Fsp3) is 0.333. The Labute approximate surface area is 213 Å². The van der Waals surface area contributed by atoms with E-state index in [4.69, 9.17) is 0 Å². The molecule has 0 aromatic heterocycles. The molecule has 0 spiro atoms. The van der Waals surface area contributed by atoms with Crippen LogP contribution in [0.1, 0.15) is 73.4 Å². The standard InChI is InChI=1S/C30H36N2O4/c1-29(2,3)17-19-7-13-25(33)23(15-19)27(35)31-21-9-11-22(12-10-21)32-28(36)24-16-20(8-14-26(24)34)18-30(4,5)6/h7-16,33-34H,17-18H2,1-6H3,(H,31,35)(H,32,36). The smallest absolute Gasteiger partial charge is 0.259 e. The van der Waals surface area contributed by atoms with Crippen molar-refractivity contribution in [2.24, 2.45) is 10.8 Å². The summed E-state index contributed by atoms with van der Waals surface area (Å²) in [5, 5.41) is 26.0. The number of carbonyl (C=O) groups excluding carboxylic acids is 2. The molecule has 0 bridgehead atoms. The first-order valence-corrected chi connectivity index (χ1v) is 12.1. The van der Waals surface area contributed by atoms with Crippen molar-refractivity contribution in [2.45, 2.75) is 54.4 Å². The molecule has 0 saturated carbocycles. The van der Waals surface area contributed by atoms with E-state index in [2.05, 4.69) is 52.2 Å². The van der Waals surface area contributed by atoms with E-state index in [-0.39, 0.29) is 33.5 Å². The van der Waals surface area contributed by atoms with Crippen LogP contribution < -0.4 is 10.6 Å². The van der Waals surface area contributed by atoms with Crippen molar-refractivity contribution >= 4 is 23.2 Å². The Morgan fingerprint density at radius 3 is 1.25 bits per heavy atom. The van der Waals surface area contributed by atoms with E-state index in [1.807, 2.05) is 12.1 Å². The minimum absolute atomic E-state index is 0.0513.